The molecule has 0 fully saturated rings. The van der Waals surface area contributed by atoms with Crippen LogP contribution in [0.1, 0.15) is 24.3 Å². The van der Waals surface area contributed by atoms with Gasteiger partial charge in [-0.2, -0.15) is 5.10 Å². The van der Waals surface area contributed by atoms with Crippen molar-refractivity contribution in [3.8, 4) is 11.3 Å². The van der Waals surface area contributed by atoms with Gasteiger partial charge in [-0.05, 0) is 42.8 Å². The molecule has 1 heterocycles. The second kappa shape index (κ2) is 9.41. The predicted molar refractivity (Wildman–Crippen MR) is 113 cm³/mol. The summed E-state index contributed by atoms with van der Waals surface area (Å²) in [6.07, 6.45) is 1.30. The van der Waals surface area contributed by atoms with Crippen molar-refractivity contribution in [2.45, 2.75) is 13.0 Å². The minimum Gasteiger partial charge on any atom is -0.455 e. The molecule has 1 aromatic heterocycles. The van der Waals surface area contributed by atoms with Gasteiger partial charge in [0.05, 0.1) is 22.3 Å². The normalized spacial score (nSPS) is 12.0. The third-order valence-electron chi connectivity index (χ3n) is 4.04. The fraction of sp³-hybridized carbons (Fsp3) is 0.0952. The molecule has 0 spiro atoms. The second-order valence-corrected chi connectivity index (χ2v) is 6.95. The third kappa shape index (κ3) is 5.47. The Balaban J connectivity index is 1.55. The molecule has 3 aromatic rings. The van der Waals surface area contributed by atoms with E-state index in [1.807, 2.05) is 30.3 Å². The minimum atomic E-state index is -0.875. The van der Waals surface area contributed by atoms with E-state index in [9.17, 15) is 9.59 Å². The van der Waals surface area contributed by atoms with Gasteiger partial charge in [0, 0.05) is 5.56 Å². The molecule has 6 nitrogen and oxygen atoms in total. The molecule has 1 atom stereocenters. The monoisotopic (exact) mass is 429 g/mol. The fourth-order valence-electron chi connectivity index (χ4n) is 2.52. The van der Waals surface area contributed by atoms with Crippen molar-refractivity contribution in [2.75, 3.05) is 0 Å². The molecular weight excluding hydrogens is 413 g/mol. The molecule has 3 rings (SSSR count). The van der Waals surface area contributed by atoms with Crippen molar-refractivity contribution < 1.29 is 14.0 Å². The zero-order valence-electron chi connectivity index (χ0n) is 15.4. The molecule has 148 valence electrons. The van der Waals surface area contributed by atoms with E-state index in [0.29, 0.717) is 21.6 Å². The zero-order valence-corrected chi connectivity index (χ0v) is 16.9. The molecule has 0 bridgehead atoms. The Labute approximate surface area is 177 Å². The van der Waals surface area contributed by atoms with Gasteiger partial charge >= 0.3 is 11.8 Å². The average molecular weight is 430 g/mol. The van der Waals surface area contributed by atoms with Crippen LogP contribution in [0.2, 0.25) is 10.0 Å². The van der Waals surface area contributed by atoms with Crippen LogP contribution in [0.25, 0.3) is 11.3 Å². The summed E-state index contributed by atoms with van der Waals surface area (Å²) in [4.78, 5) is 23.9. The molecule has 0 aliphatic heterocycles. The van der Waals surface area contributed by atoms with Crippen molar-refractivity contribution in [1.29, 1.82) is 0 Å². The number of furan rings is 1. The molecule has 0 saturated carbocycles. The lowest BCUT2D eigenvalue weighted by molar-refractivity contribution is -0.139. The Kier molecular flexibility index (Phi) is 6.69. The first-order valence-electron chi connectivity index (χ1n) is 8.68. The number of nitrogens with zero attached hydrogens (tertiary/aromatic N) is 1. The van der Waals surface area contributed by atoms with Crippen LogP contribution in [0, 0.1) is 0 Å². The fourth-order valence-corrected chi connectivity index (χ4v) is 2.82. The Morgan fingerprint density at radius 3 is 2.48 bits per heavy atom. The van der Waals surface area contributed by atoms with E-state index in [4.69, 9.17) is 27.6 Å². The summed E-state index contributed by atoms with van der Waals surface area (Å²) in [5.74, 6) is -0.704. The molecule has 2 N–H and O–H groups in total. The van der Waals surface area contributed by atoms with Crippen molar-refractivity contribution in [3.63, 3.8) is 0 Å². The molecule has 29 heavy (non-hydrogen) atoms. The maximum Gasteiger partial charge on any atom is 0.329 e. The van der Waals surface area contributed by atoms with Gasteiger partial charge in [0.2, 0.25) is 0 Å². The highest BCUT2D eigenvalue weighted by atomic mass is 35.5. The van der Waals surface area contributed by atoms with E-state index in [2.05, 4.69) is 15.8 Å². The Bertz CT molecular complexity index is 1050. The van der Waals surface area contributed by atoms with Crippen LogP contribution in [0.3, 0.4) is 0 Å². The number of amides is 2. The average Bonchev–Trinajstić information content (AvgIpc) is 3.19. The van der Waals surface area contributed by atoms with Crippen LogP contribution in [-0.4, -0.2) is 18.0 Å². The number of hydrazone groups is 1. The number of carbonyl (C=O) groups excluding carboxylic acids is 2. The molecule has 0 aliphatic rings. The first-order chi connectivity index (χ1) is 13.9. The molecule has 2 aromatic carbocycles. The van der Waals surface area contributed by atoms with Crippen molar-refractivity contribution in [2.24, 2.45) is 5.10 Å². The van der Waals surface area contributed by atoms with E-state index in [1.165, 1.54) is 6.21 Å². The van der Waals surface area contributed by atoms with Gasteiger partial charge in [-0.15, -0.1) is 0 Å². The maximum absolute atomic E-state index is 12.0. The van der Waals surface area contributed by atoms with Crippen molar-refractivity contribution in [3.05, 3.63) is 82.0 Å². The number of carbonyl (C=O) groups is 2. The van der Waals surface area contributed by atoms with Gasteiger partial charge in [0.1, 0.15) is 11.5 Å². The summed E-state index contributed by atoms with van der Waals surface area (Å²) >= 11 is 11.9. The van der Waals surface area contributed by atoms with Crippen molar-refractivity contribution in [1.82, 2.24) is 10.7 Å². The van der Waals surface area contributed by atoms with Gasteiger partial charge in [-0.3, -0.25) is 9.59 Å². The summed E-state index contributed by atoms with van der Waals surface area (Å²) in [5, 5.41) is 7.23. The Morgan fingerprint density at radius 1 is 1.00 bits per heavy atom. The lowest BCUT2D eigenvalue weighted by Gasteiger charge is -2.13. The van der Waals surface area contributed by atoms with Crippen LogP contribution in [0.5, 0.6) is 0 Å². The number of nitrogens with one attached hydrogen (secondary N) is 2. The molecule has 8 heteroatoms. The minimum absolute atomic E-state index is 0.308. The van der Waals surface area contributed by atoms with Crippen LogP contribution < -0.4 is 10.7 Å². The standard InChI is InChI=1S/C21H17Cl2N3O3/c1-13(14-5-3-2-4-6-14)25-20(27)21(28)26-24-12-16-8-10-19(29-16)15-7-9-17(22)18(23)11-15/h2-13H,1H3,(H,25,27)(H,26,28)/b24-12+/t13-/m1/s1. The SMILES string of the molecule is C[C@@H](NC(=O)C(=O)N/N=C/c1ccc(-c2ccc(Cl)c(Cl)c2)o1)c1ccccc1. The highest BCUT2D eigenvalue weighted by Gasteiger charge is 2.16. The lowest BCUT2D eigenvalue weighted by atomic mass is 10.1. The highest BCUT2D eigenvalue weighted by molar-refractivity contribution is 6.42. The van der Waals surface area contributed by atoms with Crippen LogP contribution in [-0.2, 0) is 9.59 Å². The molecule has 0 saturated heterocycles. The maximum atomic E-state index is 12.0. The smallest absolute Gasteiger partial charge is 0.329 e. The first kappa shape index (κ1) is 20.6. The summed E-state index contributed by atoms with van der Waals surface area (Å²) in [6.45, 7) is 1.79. The van der Waals surface area contributed by atoms with Gasteiger partial charge in [-0.25, -0.2) is 5.43 Å². The van der Waals surface area contributed by atoms with E-state index in [1.54, 1.807) is 37.3 Å². The van der Waals surface area contributed by atoms with E-state index >= 15 is 0 Å². The van der Waals surface area contributed by atoms with Gasteiger partial charge in [0.15, 0.2) is 0 Å². The summed E-state index contributed by atoms with van der Waals surface area (Å²) in [5.41, 5.74) is 3.81. The molecule has 0 aliphatic carbocycles. The first-order valence-corrected chi connectivity index (χ1v) is 9.43. The molecule has 0 unspecified atom stereocenters. The summed E-state index contributed by atoms with van der Waals surface area (Å²) in [7, 11) is 0. The second-order valence-electron chi connectivity index (χ2n) is 6.14. The van der Waals surface area contributed by atoms with Crippen LogP contribution >= 0.6 is 23.2 Å². The largest absolute Gasteiger partial charge is 0.455 e. The number of benzene rings is 2. The zero-order chi connectivity index (χ0) is 20.8. The summed E-state index contributed by atoms with van der Waals surface area (Å²) < 4.78 is 5.63. The molecular formula is C21H17Cl2N3O3. The van der Waals surface area contributed by atoms with Gasteiger partial charge in [-0.1, -0.05) is 53.5 Å². The Hall–Kier alpha value is -3.09. The lowest BCUT2D eigenvalue weighted by Crippen LogP contribution is -2.39. The molecule has 2 amide bonds. The van der Waals surface area contributed by atoms with E-state index in [0.717, 1.165) is 11.1 Å². The third-order valence-corrected chi connectivity index (χ3v) is 4.78. The highest BCUT2D eigenvalue weighted by Crippen LogP contribution is 2.29. The van der Waals surface area contributed by atoms with Crippen LogP contribution in [0.15, 0.2) is 70.2 Å². The van der Waals surface area contributed by atoms with Crippen LogP contribution in [0.4, 0.5) is 0 Å². The van der Waals surface area contributed by atoms with Gasteiger partial charge in [0.25, 0.3) is 0 Å². The number of hydrogen-bond donors (Lipinski definition) is 2. The quantitative estimate of drug-likeness (QED) is 0.353. The molecule has 0 radical (unpaired) electrons. The predicted octanol–water partition coefficient (Wildman–Crippen LogP) is 4.58. The van der Waals surface area contributed by atoms with Crippen molar-refractivity contribution >= 4 is 41.2 Å². The number of rotatable bonds is 5. The Morgan fingerprint density at radius 2 is 1.76 bits per heavy atom. The number of halogens is 2. The van der Waals surface area contributed by atoms with E-state index in [-0.39, 0.29) is 6.04 Å². The summed E-state index contributed by atoms with van der Waals surface area (Å²) in [6, 6.07) is 17.5. The topological polar surface area (TPSA) is 83.7 Å². The van der Waals surface area contributed by atoms with E-state index < -0.39 is 11.8 Å². The number of hydrogen-bond acceptors (Lipinski definition) is 4. The van der Waals surface area contributed by atoms with Gasteiger partial charge < -0.3 is 9.73 Å².